The molecule has 1 heterocycles. The van der Waals surface area contributed by atoms with E-state index in [9.17, 15) is 9.18 Å². The SMILES string of the molecule is N#CC1CCCN1C(=O)c1c(F)cccc1Br. The fourth-order valence-electron chi connectivity index (χ4n) is 1.99. The number of amides is 1. The van der Waals surface area contributed by atoms with Crippen LogP contribution in [0.1, 0.15) is 23.2 Å². The van der Waals surface area contributed by atoms with Crippen molar-refractivity contribution in [2.75, 3.05) is 6.54 Å². The number of halogens is 2. The Hall–Kier alpha value is -1.41. The molecule has 0 bridgehead atoms. The third kappa shape index (κ3) is 2.18. The maximum absolute atomic E-state index is 13.6. The van der Waals surface area contributed by atoms with Gasteiger partial charge < -0.3 is 4.90 Å². The lowest BCUT2D eigenvalue weighted by molar-refractivity contribution is 0.0759. The third-order valence-electron chi connectivity index (χ3n) is 2.84. The molecular formula is C12H10BrFN2O. The average Bonchev–Trinajstić information content (AvgIpc) is 2.76. The van der Waals surface area contributed by atoms with Crippen molar-refractivity contribution in [3.8, 4) is 6.07 Å². The molecular weight excluding hydrogens is 287 g/mol. The zero-order valence-electron chi connectivity index (χ0n) is 8.99. The third-order valence-corrected chi connectivity index (χ3v) is 3.50. The number of carbonyl (C=O) groups excluding carboxylic acids is 1. The zero-order chi connectivity index (χ0) is 12.4. The van der Waals surface area contributed by atoms with Crippen molar-refractivity contribution in [3.63, 3.8) is 0 Å². The molecule has 1 unspecified atom stereocenters. The maximum atomic E-state index is 13.6. The fourth-order valence-corrected chi connectivity index (χ4v) is 2.50. The van der Waals surface area contributed by atoms with Gasteiger partial charge in [0, 0.05) is 11.0 Å². The molecule has 2 rings (SSSR count). The Kier molecular flexibility index (Phi) is 3.43. The van der Waals surface area contributed by atoms with E-state index in [1.807, 2.05) is 0 Å². The first-order valence-corrected chi connectivity index (χ1v) is 6.09. The van der Waals surface area contributed by atoms with Gasteiger partial charge in [0.15, 0.2) is 0 Å². The predicted molar refractivity (Wildman–Crippen MR) is 63.8 cm³/mol. The summed E-state index contributed by atoms with van der Waals surface area (Å²) in [5.74, 6) is -0.980. The lowest BCUT2D eigenvalue weighted by atomic mass is 10.1. The molecule has 1 saturated heterocycles. The molecule has 1 fully saturated rings. The second-order valence-electron chi connectivity index (χ2n) is 3.88. The van der Waals surface area contributed by atoms with Gasteiger partial charge in [0.2, 0.25) is 0 Å². The molecule has 1 aliphatic heterocycles. The average molecular weight is 297 g/mol. The van der Waals surface area contributed by atoms with Gasteiger partial charge in [-0.1, -0.05) is 6.07 Å². The van der Waals surface area contributed by atoms with Crippen LogP contribution in [0.4, 0.5) is 4.39 Å². The van der Waals surface area contributed by atoms with E-state index in [1.54, 1.807) is 6.07 Å². The molecule has 17 heavy (non-hydrogen) atoms. The molecule has 0 radical (unpaired) electrons. The summed E-state index contributed by atoms with van der Waals surface area (Å²) < 4.78 is 14.0. The first-order chi connectivity index (χ1) is 8.15. The molecule has 5 heteroatoms. The van der Waals surface area contributed by atoms with Crippen LogP contribution in [0.25, 0.3) is 0 Å². The summed E-state index contributed by atoms with van der Waals surface area (Å²) in [6, 6.07) is 6.03. The van der Waals surface area contributed by atoms with Gasteiger partial charge in [-0.2, -0.15) is 5.26 Å². The monoisotopic (exact) mass is 296 g/mol. The van der Waals surface area contributed by atoms with Crippen molar-refractivity contribution in [1.29, 1.82) is 5.26 Å². The largest absolute Gasteiger partial charge is 0.322 e. The van der Waals surface area contributed by atoms with Crippen LogP contribution in [0.2, 0.25) is 0 Å². The molecule has 1 aliphatic rings. The number of likely N-dealkylation sites (tertiary alicyclic amines) is 1. The van der Waals surface area contributed by atoms with Gasteiger partial charge in [-0.25, -0.2) is 4.39 Å². The van der Waals surface area contributed by atoms with Crippen LogP contribution in [-0.2, 0) is 0 Å². The van der Waals surface area contributed by atoms with Crippen LogP contribution in [0.5, 0.6) is 0 Å². The van der Waals surface area contributed by atoms with Gasteiger partial charge in [0.25, 0.3) is 5.91 Å². The Morgan fingerprint density at radius 3 is 3.00 bits per heavy atom. The van der Waals surface area contributed by atoms with E-state index in [1.165, 1.54) is 17.0 Å². The van der Waals surface area contributed by atoms with Crippen molar-refractivity contribution < 1.29 is 9.18 Å². The van der Waals surface area contributed by atoms with E-state index >= 15 is 0 Å². The highest BCUT2D eigenvalue weighted by atomic mass is 79.9. The Morgan fingerprint density at radius 1 is 1.59 bits per heavy atom. The van der Waals surface area contributed by atoms with Crippen molar-refractivity contribution >= 4 is 21.8 Å². The second kappa shape index (κ2) is 4.84. The first kappa shape index (κ1) is 12.1. The summed E-state index contributed by atoms with van der Waals surface area (Å²) in [6.07, 6.45) is 1.45. The standard InChI is InChI=1S/C12H10BrFN2O/c13-9-4-1-5-10(14)11(9)12(17)16-6-2-3-8(16)7-15/h1,4-5,8H,2-3,6H2. The Bertz CT molecular complexity index is 478. The molecule has 1 aromatic rings. The van der Waals surface area contributed by atoms with Crippen LogP contribution in [0.3, 0.4) is 0 Å². The summed E-state index contributed by atoms with van der Waals surface area (Å²) in [5.41, 5.74) is 0.00894. The molecule has 1 aromatic carbocycles. The summed E-state index contributed by atoms with van der Waals surface area (Å²) >= 11 is 3.17. The lowest BCUT2D eigenvalue weighted by Crippen LogP contribution is -2.35. The molecule has 0 saturated carbocycles. The number of rotatable bonds is 1. The first-order valence-electron chi connectivity index (χ1n) is 5.29. The minimum absolute atomic E-state index is 0.00894. The number of hydrogen-bond acceptors (Lipinski definition) is 2. The summed E-state index contributed by atoms with van der Waals surface area (Å²) in [5, 5.41) is 8.92. The van der Waals surface area contributed by atoms with E-state index in [2.05, 4.69) is 22.0 Å². The minimum atomic E-state index is -0.562. The molecule has 0 spiro atoms. The molecule has 0 N–H and O–H groups in total. The van der Waals surface area contributed by atoms with Gasteiger partial charge in [0.05, 0.1) is 11.6 Å². The van der Waals surface area contributed by atoms with Crippen molar-refractivity contribution in [2.24, 2.45) is 0 Å². The minimum Gasteiger partial charge on any atom is -0.322 e. The second-order valence-corrected chi connectivity index (χ2v) is 4.74. The Morgan fingerprint density at radius 2 is 2.35 bits per heavy atom. The van der Waals surface area contributed by atoms with E-state index < -0.39 is 17.8 Å². The maximum Gasteiger partial charge on any atom is 0.259 e. The summed E-state index contributed by atoms with van der Waals surface area (Å²) in [7, 11) is 0. The number of hydrogen-bond donors (Lipinski definition) is 0. The molecule has 0 aliphatic carbocycles. The van der Waals surface area contributed by atoms with Gasteiger partial charge in [0.1, 0.15) is 11.9 Å². The molecule has 88 valence electrons. The van der Waals surface area contributed by atoms with Gasteiger partial charge in [-0.15, -0.1) is 0 Å². The molecule has 0 aromatic heterocycles. The normalized spacial score (nSPS) is 19.1. The van der Waals surface area contributed by atoms with E-state index in [0.717, 1.165) is 6.42 Å². The Balaban J connectivity index is 2.35. The fraction of sp³-hybridized carbons (Fsp3) is 0.333. The van der Waals surface area contributed by atoms with Crippen molar-refractivity contribution in [3.05, 3.63) is 34.1 Å². The van der Waals surface area contributed by atoms with E-state index in [0.29, 0.717) is 17.4 Å². The number of benzene rings is 1. The lowest BCUT2D eigenvalue weighted by Gasteiger charge is -2.20. The number of nitriles is 1. The van der Waals surface area contributed by atoms with Crippen LogP contribution in [-0.4, -0.2) is 23.4 Å². The topological polar surface area (TPSA) is 44.1 Å². The van der Waals surface area contributed by atoms with E-state index in [4.69, 9.17) is 5.26 Å². The van der Waals surface area contributed by atoms with Crippen LogP contribution in [0.15, 0.2) is 22.7 Å². The van der Waals surface area contributed by atoms with Crippen LogP contribution < -0.4 is 0 Å². The molecule has 1 atom stereocenters. The summed E-state index contributed by atoms with van der Waals surface area (Å²) in [4.78, 5) is 13.6. The van der Waals surface area contributed by atoms with Crippen molar-refractivity contribution in [1.82, 2.24) is 4.90 Å². The number of nitrogens with zero attached hydrogens (tertiary/aromatic N) is 2. The summed E-state index contributed by atoms with van der Waals surface area (Å²) in [6.45, 7) is 0.512. The molecule has 3 nitrogen and oxygen atoms in total. The molecule has 1 amide bonds. The van der Waals surface area contributed by atoms with Crippen molar-refractivity contribution in [2.45, 2.75) is 18.9 Å². The zero-order valence-corrected chi connectivity index (χ0v) is 10.6. The highest BCUT2D eigenvalue weighted by Gasteiger charge is 2.31. The van der Waals surface area contributed by atoms with E-state index in [-0.39, 0.29) is 5.56 Å². The Labute approximate surface area is 107 Å². The smallest absolute Gasteiger partial charge is 0.259 e. The van der Waals surface area contributed by atoms with Gasteiger partial charge >= 0.3 is 0 Å². The highest BCUT2D eigenvalue weighted by Crippen LogP contribution is 2.25. The highest BCUT2D eigenvalue weighted by molar-refractivity contribution is 9.10. The van der Waals surface area contributed by atoms with Crippen LogP contribution >= 0.6 is 15.9 Å². The van der Waals surface area contributed by atoms with Crippen LogP contribution in [0, 0.1) is 17.1 Å². The predicted octanol–water partition coefficient (Wildman–Crippen LogP) is 2.72. The quantitative estimate of drug-likeness (QED) is 0.800. The van der Waals surface area contributed by atoms with Gasteiger partial charge in [-0.05, 0) is 40.9 Å². The number of carbonyl (C=O) groups is 1. The van der Waals surface area contributed by atoms with Gasteiger partial charge in [-0.3, -0.25) is 4.79 Å².